The van der Waals surface area contributed by atoms with Crippen LogP contribution >= 0.6 is 0 Å². The first kappa shape index (κ1) is 15.2. The van der Waals surface area contributed by atoms with Gasteiger partial charge in [0.2, 0.25) is 0 Å². The van der Waals surface area contributed by atoms with Gasteiger partial charge in [-0.15, -0.1) is 0 Å². The van der Waals surface area contributed by atoms with E-state index >= 15 is 0 Å². The van der Waals surface area contributed by atoms with Crippen LogP contribution in [0.2, 0.25) is 0 Å². The summed E-state index contributed by atoms with van der Waals surface area (Å²) in [4.78, 5) is 0. The summed E-state index contributed by atoms with van der Waals surface area (Å²) >= 11 is 0. The minimum absolute atomic E-state index is 0.0580. The Bertz CT molecular complexity index is 412. The van der Waals surface area contributed by atoms with Crippen molar-refractivity contribution in [3.8, 4) is 0 Å². The standard InChI is InChI=1S/C12H16F3NOS/c1-11(2,3)18(17)16-10(12(13,14)15)9-7-5-4-6-8-9/h4-8,10,16H,1-3H3/t10-,18-/m0/s1. The maximum atomic E-state index is 13.0. The molecule has 0 radical (unpaired) electrons. The Morgan fingerprint density at radius 3 is 2.00 bits per heavy atom. The van der Waals surface area contributed by atoms with E-state index in [1.807, 2.05) is 0 Å². The lowest BCUT2D eigenvalue weighted by Crippen LogP contribution is -2.41. The van der Waals surface area contributed by atoms with Crippen LogP contribution in [0.3, 0.4) is 0 Å². The monoisotopic (exact) mass is 279 g/mol. The molecule has 18 heavy (non-hydrogen) atoms. The summed E-state index contributed by atoms with van der Waals surface area (Å²) in [6.07, 6.45) is -4.48. The minimum Gasteiger partial charge on any atom is -0.242 e. The van der Waals surface area contributed by atoms with E-state index in [2.05, 4.69) is 4.72 Å². The quantitative estimate of drug-likeness (QED) is 0.903. The van der Waals surface area contributed by atoms with Crippen molar-refractivity contribution < 1.29 is 17.4 Å². The molecule has 0 aromatic heterocycles. The highest BCUT2D eigenvalue weighted by Gasteiger charge is 2.42. The number of halogens is 3. The normalized spacial score (nSPS) is 16.3. The SMILES string of the molecule is CC(C)(C)[S@](=O)N[C@@H](c1ccccc1)C(F)(F)F. The Morgan fingerprint density at radius 2 is 1.61 bits per heavy atom. The van der Waals surface area contributed by atoms with Crippen molar-refractivity contribution in [3.05, 3.63) is 35.9 Å². The number of alkyl halides is 3. The van der Waals surface area contributed by atoms with Gasteiger partial charge in [-0.25, -0.2) is 8.93 Å². The third kappa shape index (κ3) is 4.10. The van der Waals surface area contributed by atoms with Gasteiger partial charge in [0.05, 0.1) is 15.7 Å². The van der Waals surface area contributed by atoms with Crippen LogP contribution in [-0.2, 0) is 11.0 Å². The molecule has 0 saturated carbocycles. The first-order valence-corrected chi connectivity index (χ1v) is 6.57. The van der Waals surface area contributed by atoms with Gasteiger partial charge in [0, 0.05) is 0 Å². The van der Waals surface area contributed by atoms with Crippen LogP contribution in [0.15, 0.2) is 30.3 Å². The van der Waals surface area contributed by atoms with Crippen molar-refractivity contribution in [1.29, 1.82) is 0 Å². The first-order valence-electron chi connectivity index (χ1n) is 5.42. The second-order valence-corrected chi connectivity index (χ2v) is 6.88. The van der Waals surface area contributed by atoms with E-state index in [1.165, 1.54) is 24.3 Å². The van der Waals surface area contributed by atoms with Crippen molar-refractivity contribution in [2.75, 3.05) is 0 Å². The van der Waals surface area contributed by atoms with Crippen LogP contribution in [0.5, 0.6) is 0 Å². The lowest BCUT2D eigenvalue weighted by molar-refractivity contribution is -0.152. The molecule has 0 aliphatic carbocycles. The number of rotatable bonds is 3. The lowest BCUT2D eigenvalue weighted by Gasteiger charge is -2.26. The van der Waals surface area contributed by atoms with Crippen LogP contribution in [-0.4, -0.2) is 15.1 Å². The van der Waals surface area contributed by atoms with E-state index in [1.54, 1.807) is 26.8 Å². The predicted octanol–water partition coefficient (Wildman–Crippen LogP) is 3.34. The van der Waals surface area contributed by atoms with Gasteiger partial charge in [0.1, 0.15) is 6.04 Å². The summed E-state index contributed by atoms with van der Waals surface area (Å²) in [5, 5.41) is 0. The van der Waals surface area contributed by atoms with Crippen molar-refractivity contribution in [1.82, 2.24) is 4.72 Å². The highest BCUT2D eigenvalue weighted by Crippen LogP contribution is 2.33. The Balaban J connectivity index is 2.99. The molecule has 0 aliphatic heterocycles. The van der Waals surface area contributed by atoms with Gasteiger partial charge in [-0.05, 0) is 26.3 Å². The topological polar surface area (TPSA) is 29.1 Å². The zero-order chi connectivity index (χ0) is 14.0. The van der Waals surface area contributed by atoms with Crippen LogP contribution < -0.4 is 4.72 Å². The maximum absolute atomic E-state index is 13.0. The largest absolute Gasteiger partial charge is 0.408 e. The summed E-state index contributed by atoms with van der Waals surface area (Å²) in [7, 11) is -1.78. The second kappa shape index (κ2) is 5.40. The number of hydrogen-bond acceptors (Lipinski definition) is 1. The molecule has 1 aromatic carbocycles. The molecular weight excluding hydrogens is 263 g/mol. The van der Waals surface area contributed by atoms with E-state index in [4.69, 9.17) is 0 Å². The fourth-order valence-electron chi connectivity index (χ4n) is 1.25. The summed E-state index contributed by atoms with van der Waals surface area (Å²) in [5.74, 6) is 0. The van der Waals surface area contributed by atoms with Gasteiger partial charge in [0.25, 0.3) is 0 Å². The first-order chi connectivity index (χ1) is 8.12. The molecule has 1 N–H and O–H groups in total. The van der Waals surface area contributed by atoms with Crippen molar-refractivity contribution in [2.45, 2.75) is 37.7 Å². The van der Waals surface area contributed by atoms with E-state index in [9.17, 15) is 17.4 Å². The predicted molar refractivity (Wildman–Crippen MR) is 66.3 cm³/mol. The van der Waals surface area contributed by atoms with E-state index in [0.717, 1.165) is 0 Å². The highest BCUT2D eigenvalue weighted by molar-refractivity contribution is 7.84. The summed E-state index contributed by atoms with van der Waals surface area (Å²) < 4.78 is 52.1. The molecule has 6 heteroatoms. The molecule has 1 rings (SSSR count). The summed E-state index contributed by atoms with van der Waals surface area (Å²) in [5.41, 5.74) is 0.0580. The van der Waals surface area contributed by atoms with Crippen molar-refractivity contribution in [3.63, 3.8) is 0 Å². The van der Waals surface area contributed by atoms with Gasteiger partial charge in [-0.3, -0.25) is 0 Å². The lowest BCUT2D eigenvalue weighted by atomic mass is 10.1. The molecule has 0 unspecified atom stereocenters. The zero-order valence-electron chi connectivity index (χ0n) is 10.4. The Labute approximate surface area is 107 Å². The average Bonchev–Trinajstić information content (AvgIpc) is 2.23. The Morgan fingerprint density at radius 1 is 1.11 bits per heavy atom. The van der Waals surface area contributed by atoms with Crippen molar-refractivity contribution in [2.24, 2.45) is 0 Å². The maximum Gasteiger partial charge on any atom is 0.408 e. The van der Waals surface area contributed by atoms with E-state index in [0.29, 0.717) is 0 Å². The third-order valence-corrected chi connectivity index (χ3v) is 3.80. The molecule has 0 aliphatic rings. The molecule has 0 amide bonds. The molecule has 0 heterocycles. The van der Waals surface area contributed by atoms with Gasteiger partial charge in [-0.2, -0.15) is 13.2 Å². The van der Waals surface area contributed by atoms with Gasteiger partial charge in [-0.1, -0.05) is 30.3 Å². The molecule has 2 nitrogen and oxygen atoms in total. The summed E-state index contributed by atoms with van der Waals surface area (Å²) in [6.45, 7) is 4.86. The molecular formula is C12H16F3NOS. The Hall–Kier alpha value is -0.880. The molecule has 102 valence electrons. The molecule has 0 bridgehead atoms. The zero-order valence-corrected chi connectivity index (χ0v) is 11.2. The van der Waals surface area contributed by atoms with Crippen LogP contribution in [0, 0.1) is 0 Å². The smallest absolute Gasteiger partial charge is 0.242 e. The van der Waals surface area contributed by atoms with Gasteiger partial charge < -0.3 is 0 Å². The van der Waals surface area contributed by atoms with E-state index < -0.39 is 28.0 Å². The average molecular weight is 279 g/mol. The third-order valence-electron chi connectivity index (χ3n) is 2.24. The van der Waals surface area contributed by atoms with Crippen molar-refractivity contribution >= 4 is 11.0 Å². The Kier molecular flexibility index (Phi) is 4.55. The van der Waals surface area contributed by atoms with Crippen LogP contribution in [0.1, 0.15) is 32.4 Å². The molecule has 0 fully saturated rings. The van der Waals surface area contributed by atoms with Crippen LogP contribution in [0.4, 0.5) is 13.2 Å². The molecule has 1 aromatic rings. The minimum atomic E-state index is -4.48. The number of nitrogens with one attached hydrogen (secondary N) is 1. The number of benzene rings is 1. The van der Waals surface area contributed by atoms with Crippen LogP contribution in [0.25, 0.3) is 0 Å². The highest BCUT2D eigenvalue weighted by atomic mass is 32.2. The molecule has 0 saturated heterocycles. The number of hydrogen-bond donors (Lipinski definition) is 1. The molecule has 2 atom stereocenters. The fraction of sp³-hybridized carbons (Fsp3) is 0.500. The van der Waals surface area contributed by atoms with Gasteiger partial charge >= 0.3 is 6.18 Å². The second-order valence-electron chi connectivity index (χ2n) is 4.88. The molecule has 0 spiro atoms. The van der Waals surface area contributed by atoms with Gasteiger partial charge in [0.15, 0.2) is 0 Å². The van der Waals surface area contributed by atoms with E-state index in [-0.39, 0.29) is 5.56 Å². The fourth-order valence-corrected chi connectivity index (χ4v) is 2.09. The summed E-state index contributed by atoms with van der Waals surface area (Å²) in [6, 6.07) is 5.50.